The summed E-state index contributed by atoms with van der Waals surface area (Å²) in [5.41, 5.74) is 8.38. The number of rotatable bonds is 19. The van der Waals surface area contributed by atoms with E-state index in [9.17, 15) is 9.59 Å². The van der Waals surface area contributed by atoms with Crippen LogP contribution in [-0.2, 0) is 41.8 Å². The SMILES string of the molecule is C=C(C)C(=O)OCC(C)(C)COCc1cc(-c2ccc(-c3ccc(-c4ccc(OC)c(COCC(C)(C)COC(=O)C(=C)C)c4)cc3)cc2)ccc1OC. The van der Waals surface area contributed by atoms with E-state index in [0.717, 1.165) is 56.0 Å². The van der Waals surface area contributed by atoms with Crippen LogP contribution in [0.5, 0.6) is 11.5 Å². The smallest absolute Gasteiger partial charge is 0.333 e. The topological polar surface area (TPSA) is 89.5 Å². The zero-order valence-corrected chi connectivity index (χ0v) is 33.0. The molecule has 8 nitrogen and oxygen atoms in total. The molecule has 0 atom stereocenters. The Labute approximate surface area is 320 Å². The molecule has 0 aromatic heterocycles. The van der Waals surface area contributed by atoms with Crippen molar-refractivity contribution in [3.8, 4) is 44.9 Å². The lowest BCUT2D eigenvalue weighted by atomic mass is 9.96. The number of hydrogen-bond donors (Lipinski definition) is 0. The van der Waals surface area contributed by atoms with Crippen LogP contribution in [0, 0.1) is 10.8 Å². The van der Waals surface area contributed by atoms with Crippen LogP contribution in [0.3, 0.4) is 0 Å². The maximum Gasteiger partial charge on any atom is 0.333 e. The average Bonchev–Trinajstić information content (AvgIpc) is 3.16. The van der Waals surface area contributed by atoms with Crippen molar-refractivity contribution in [2.75, 3.05) is 40.6 Å². The summed E-state index contributed by atoms with van der Waals surface area (Å²) in [6, 6.07) is 29.2. The van der Waals surface area contributed by atoms with E-state index >= 15 is 0 Å². The lowest BCUT2D eigenvalue weighted by molar-refractivity contribution is -0.144. The third-order valence-electron chi connectivity index (χ3n) is 8.72. The largest absolute Gasteiger partial charge is 0.496 e. The van der Waals surface area contributed by atoms with E-state index in [0.29, 0.717) is 37.6 Å². The Bertz CT molecular complexity index is 1780. The Hall–Kier alpha value is -5.18. The molecule has 0 heterocycles. The highest BCUT2D eigenvalue weighted by Crippen LogP contribution is 2.32. The molecule has 0 fully saturated rings. The molecule has 0 radical (unpaired) electrons. The molecule has 4 aromatic carbocycles. The first-order chi connectivity index (χ1) is 25.6. The maximum atomic E-state index is 11.8. The lowest BCUT2D eigenvalue weighted by Crippen LogP contribution is -2.27. The van der Waals surface area contributed by atoms with Crippen molar-refractivity contribution in [2.45, 2.75) is 54.8 Å². The van der Waals surface area contributed by atoms with Crippen molar-refractivity contribution in [1.82, 2.24) is 0 Å². The number of ether oxygens (including phenoxy) is 6. The van der Waals surface area contributed by atoms with Gasteiger partial charge in [0.1, 0.15) is 11.5 Å². The minimum Gasteiger partial charge on any atom is -0.496 e. The summed E-state index contributed by atoms with van der Waals surface area (Å²) < 4.78 is 34.1. The highest BCUT2D eigenvalue weighted by atomic mass is 16.5. The van der Waals surface area contributed by atoms with E-state index in [1.807, 2.05) is 52.0 Å². The molecule has 0 amide bonds. The maximum absolute atomic E-state index is 11.8. The summed E-state index contributed by atoms with van der Waals surface area (Å²) in [5.74, 6) is 0.706. The standard InChI is InChI=1S/C46H54O8/c1-31(2)43(47)53-29-45(5,6)27-51-25-39-23-37(19-21-41(39)49-9)35-15-11-33(12-16-35)34-13-17-36(18-14-34)38-20-22-42(50-10)40(24-38)26-52-28-46(7,8)30-54-44(48)32(3)4/h11-24H,1,3,25-30H2,2,4-10H3. The summed E-state index contributed by atoms with van der Waals surface area (Å²) in [5, 5.41) is 0. The predicted octanol–water partition coefficient (Wildman–Crippen LogP) is 10.0. The molecule has 0 N–H and O–H groups in total. The minimum atomic E-state index is -0.398. The van der Waals surface area contributed by atoms with Gasteiger partial charge < -0.3 is 28.4 Å². The van der Waals surface area contributed by atoms with Crippen LogP contribution >= 0.6 is 0 Å². The number of carbonyl (C=O) groups is 2. The van der Waals surface area contributed by atoms with Gasteiger partial charge in [0.15, 0.2) is 0 Å². The van der Waals surface area contributed by atoms with E-state index in [1.54, 1.807) is 28.1 Å². The van der Waals surface area contributed by atoms with Gasteiger partial charge in [-0.25, -0.2) is 9.59 Å². The van der Waals surface area contributed by atoms with Gasteiger partial charge in [-0.05, 0) is 71.5 Å². The van der Waals surface area contributed by atoms with Crippen molar-refractivity contribution in [3.63, 3.8) is 0 Å². The van der Waals surface area contributed by atoms with Crippen molar-refractivity contribution in [2.24, 2.45) is 10.8 Å². The van der Waals surface area contributed by atoms with E-state index < -0.39 is 11.9 Å². The van der Waals surface area contributed by atoms with Crippen molar-refractivity contribution in [3.05, 3.63) is 120 Å². The Morgan fingerprint density at radius 1 is 0.500 bits per heavy atom. The van der Waals surface area contributed by atoms with E-state index in [4.69, 9.17) is 28.4 Å². The van der Waals surface area contributed by atoms with Crippen molar-refractivity contribution >= 4 is 11.9 Å². The van der Waals surface area contributed by atoms with Crippen LogP contribution in [0.15, 0.2) is 109 Å². The first kappa shape index (κ1) is 41.6. The fourth-order valence-electron chi connectivity index (χ4n) is 5.58. The van der Waals surface area contributed by atoms with Crippen molar-refractivity contribution in [1.29, 1.82) is 0 Å². The van der Waals surface area contributed by atoms with Gasteiger partial charge in [-0.1, -0.05) is 102 Å². The van der Waals surface area contributed by atoms with Crippen LogP contribution in [-0.4, -0.2) is 52.6 Å². The Morgan fingerprint density at radius 2 is 0.796 bits per heavy atom. The van der Waals surface area contributed by atoms with Crippen LogP contribution in [0.2, 0.25) is 0 Å². The zero-order valence-electron chi connectivity index (χ0n) is 33.0. The first-order valence-corrected chi connectivity index (χ1v) is 18.0. The second kappa shape index (κ2) is 18.7. The Morgan fingerprint density at radius 3 is 1.09 bits per heavy atom. The third kappa shape index (κ3) is 11.9. The molecule has 0 aliphatic carbocycles. The van der Waals surface area contributed by atoms with Crippen LogP contribution in [0.1, 0.15) is 52.7 Å². The third-order valence-corrected chi connectivity index (χ3v) is 8.72. The number of benzene rings is 4. The molecule has 0 bridgehead atoms. The van der Waals surface area contributed by atoms with E-state index in [2.05, 4.69) is 73.8 Å². The molecular weight excluding hydrogens is 680 g/mol. The highest BCUT2D eigenvalue weighted by molar-refractivity contribution is 5.87. The van der Waals surface area contributed by atoms with Gasteiger partial charge >= 0.3 is 11.9 Å². The summed E-state index contributed by atoms with van der Waals surface area (Å²) in [7, 11) is 3.30. The molecule has 0 aliphatic heterocycles. The van der Waals surface area contributed by atoms with Gasteiger partial charge in [0, 0.05) is 33.1 Å². The van der Waals surface area contributed by atoms with Gasteiger partial charge in [0.2, 0.25) is 0 Å². The highest BCUT2D eigenvalue weighted by Gasteiger charge is 2.23. The summed E-state index contributed by atoms with van der Waals surface area (Å²) in [4.78, 5) is 23.7. The fraction of sp³-hybridized carbons (Fsp3) is 0.348. The first-order valence-electron chi connectivity index (χ1n) is 18.0. The van der Waals surface area contributed by atoms with Gasteiger partial charge in [0.25, 0.3) is 0 Å². The van der Waals surface area contributed by atoms with Gasteiger partial charge in [-0.3, -0.25) is 0 Å². The average molecular weight is 735 g/mol. The molecule has 8 heteroatoms. The molecule has 4 aromatic rings. The summed E-state index contributed by atoms with van der Waals surface area (Å²) >= 11 is 0. The van der Waals surface area contributed by atoms with Crippen LogP contribution < -0.4 is 9.47 Å². The molecule has 0 saturated heterocycles. The Kier molecular flexibility index (Phi) is 14.4. The summed E-state index contributed by atoms with van der Waals surface area (Å²) in [6.07, 6.45) is 0. The van der Waals surface area contributed by atoms with E-state index in [-0.39, 0.29) is 24.0 Å². The van der Waals surface area contributed by atoms with Gasteiger partial charge in [-0.2, -0.15) is 0 Å². The normalized spacial score (nSPS) is 11.5. The number of hydrogen-bond acceptors (Lipinski definition) is 8. The van der Waals surface area contributed by atoms with Crippen LogP contribution in [0.4, 0.5) is 0 Å². The fourth-order valence-corrected chi connectivity index (χ4v) is 5.58. The minimum absolute atomic E-state index is 0.238. The Balaban J connectivity index is 1.39. The predicted molar refractivity (Wildman–Crippen MR) is 214 cm³/mol. The van der Waals surface area contributed by atoms with Crippen LogP contribution in [0.25, 0.3) is 33.4 Å². The zero-order chi connectivity index (χ0) is 39.5. The quantitative estimate of drug-likeness (QED) is 0.0695. The molecule has 286 valence electrons. The molecule has 54 heavy (non-hydrogen) atoms. The molecule has 0 unspecified atom stereocenters. The number of carbonyl (C=O) groups excluding carboxylic acids is 2. The second-order valence-electron chi connectivity index (χ2n) is 15.2. The van der Waals surface area contributed by atoms with Gasteiger partial charge in [-0.15, -0.1) is 0 Å². The molecule has 0 spiro atoms. The number of esters is 2. The molecule has 0 saturated carbocycles. The van der Waals surface area contributed by atoms with E-state index in [1.165, 1.54) is 0 Å². The van der Waals surface area contributed by atoms with Crippen molar-refractivity contribution < 1.29 is 38.0 Å². The monoisotopic (exact) mass is 734 g/mol. The molecule has 0 aliphatic rings. The second-order valence-corrected chi connectivity index (χ2v) is 15.2. The summed E-state index contributed by atoms with van der Waals surface area (Å²) in [6.45, 7) is 20.5. The van der Waals surface area contributed by atoms with Gasteiger partial charge in [0.05, 0.1) is 53.9 Å². The molecule has 4 rings (SSSR count). The number of methoxy groups -OCH3 is 2. The molecular formula is C46H54O8. The lowest BCUT2D eigenvalue weighted by Gasteiger charge is -2.24.